The minimum Gasteiger partial charge on any atom is -0.375 e. The van der Waals surface area contributed by atoms with E-state index in [-0.39, 0.29) is 6.04 Å². The summed E-state index contributed by atoms with van der Waals surface area (Å²) < 4.78 is 28.3. The van der Waals surface area contributed by atoms with Gasteiger partial charge in [0.05, 0.1) is 0 Å². The van der Waals surface area contributed by atoms with E-state index < -0.39 is 13.0 Å². The zero-order valence-electron chi connectivity index (χ0n) is 9.13. The predicted molar refractivity (Wildman–Crippen MR) is 56.0 cm³/mol. The van der Waals surface area contributed by atoms with E-state index in [1.54, 1.807) is 0 Å². The van der Waals surface area contributed by atoms with Gasteiger partial charge in [-0.2, -0.15) is 0 Å². The highest BCUT2D eigenvalue weighted by atomic mass is 19.3. The Morgan fingerprint density at radius 2 is 1.93 bits per heavy atom. The van der Waals surface area contributed by atoms with Crippen molar-refractivity contribution in [1.29, 1.82) is 0 Å². The Morgan fingerprint density at radius 1 is 1.27 bits per heavy atom. The molecule has 4 heteroatoms. The van der Waals surface area contributed by atoms with E-state index in [0.29, 0.717) is 13.0 Å². The quantitative estimate of drug-likeness (QED) is 0.670. The van der Waals surface area contributed by atoms with Crippen LogP contribution < -0.4 is 5.73 Å². The van der Waals surface area contributed by atoms with Gasteiger partial charge in [0.2, 0.25) is 0 Å². The molecular weight excluding hydrogens is 200 g/mol. The third-order valence-electron chi connectivity index (χ3n) is 2.99. The van der Waals surface area contributed by atoms with Gasteiger partial charge in [0.1, 0.15) is 6.61 Å². The second-order valence-electron chi connectivity index (χ2n) is 4.40. The van der Waals surface area contributed by atoms with Gasteiger partial charge in [-0.1, -0.05) is 25.7 Å². The van der Waals surface area contributed by atoms with E-state index in [1.165, 1.54) is 25.7 Å². The Kier molecular flexibility index (Phi) is 6.10. The van der Waals surface area contributed by atoms with Crippen LogP contribution in [0.4, 0.5) is 8.78 Å². The standard InChI is InChI=1S/C11H21F2NO/c12-11(13)8-15-6-5-10(14)7-9-3-1-2-4-9/h9-11H,1-8,14H2. The average molecular weight is 221 g/mol. The lowest BCUT2D eigenvalue weighted by atomic mass is 9.97. The first kappa shape index (κ1) is 12.8. The molecule has 1 rings (SSSR count). The van der Waals surface area contributed by atoms with Gasteiger partial charge < -0.3 is 10.5 Å². The van der Waals surface area contributed by atoms with Crippen LogP contribution in [-0.4, -0.2) is 25.7 Å². The number of hydrogen-bond acceptors (Lipinski definition) is 2. The lowest BCUT2D eigenvalue weighted by molar-refractivity contribution is 0.0148. The normalized spacial score (nSPS) is 20.0. The summed E-state index contributed by atoms with van der Waals surface area (Å²) in [7, 11) is 0. The minimum absolute atomic E-state index is 0.116. The number of ether oxygens (including phenoxy) is 1. The van der Waals surface area contributed by atoms with E-state index in [0.717, 1.165) is 12.3 Å². The van der Waals surface area contributed by atoms with Crippen molar-refractivity contribution in [2.75, 3.05) is 13.2 Å². The SMILES string of the molecule is NC(CCOCC(F)F)CC1CCCC1. The molecule has 1 aliphatic carbocycles. The Bertz CT molecular complexity index is 161. The van der Waals surface area contributed by atoms with Crippen molar-refractivity contribution in [3.05, 3.63) is 0 Å². The third kappa shape index (κ3) is 6.05. The van der Waals surface area contributed by atoms with Crippen molar-refractivity contribution < 1.29 is 13.5 Å². The second kappa shape index (κ2) is 7.12. The van der Waals surface area contributed by atoms with Crippen molar-refractivity contribution in [3.63, 3.8) is 0 Å². The molecule has 0 aromatic carbocycles. The van der Waals surface area contributed by atoms with Crippen molar-refractivity contribution in [2.24, 2.45) is 11.7 Å². The fraction of sp³-hybridized carbons (Fsp3) is 1.00. The Labute approximate surface area is 90.2 Å². The molecule has 0 spiro atoms. The average Bonchev–Trinajstić information content (AvgIpc) is 2.64. The van der Waals surface area contributed by atoms with Gasteiger partial charge in [-0.15, -0.1) is 0 Å². The van der Waals surface area contributed by atoms with Crippen LogP contribution in [-0.2, 0) is 4.74 Å². The summed E-state index contributed by atoms with van der Waals surface area (Å²) in [4.78, 5) is 0. The van der Waals surface area contributed by atoms with Gasteiger partial charge in [-0.05, 0) is 18.8 Å². The summed E-state index contributed by atoms with van der Waals surface area (Å²) in [5, 5.41) is 0. The number of alkyl halides is 2. The van der Waals surface area contributed by atoms with Gasteiger partial charge >= 0.3 is 0 Å². The molecule has 0 aromatic rings. The highest BCUT2D eigenvalue weighted by molar-refractivity contribution is 4.73. The Hall–Kier alpha value is -0.220. The van der Waals surface area contributed by atoms with E-state index in [2.05, 4.69) is 0 Å². The smallest absolute Gasteiger partial charge is 0.261 e. The first-order valence-corrected chi connectivity index (χ1v) is 5.80. The molecule has 1 unspecified atom stereocenters. The van der Waals surface area contributed by atoms with Crippen LogP contribution >= 0.6 is 0 Å². The van der Waals surface area contributed by atoms with Gasteiger partial charge in [0.15, 0.2) is 0 Å². The highest BCUT2D eigenvalue weighted by Crippen LogP contribution is 2.28. The molecule has 1 atom stereocenters. The van der Waals surface area contributed by atoms with Crippen LogP contribution in [0.15, 0.2) is 0 Å². The van der Waals surface area contributed by atoms with E-state index >= 15 is 0 Å². The summed E-state index contributed by atoms with van der Waals surface area (Å²) in [5.41, 5.74) is 5.90. The van der Waals surface area contributed by atoms with Gasteiger partial charge in [-0.25, -0.2) is 8.78 Å². The number of hydrogen-bond donors (Lipinski definition) is 1. The van der Waals surface area contributed by atoms with Gasteiger partial charge in [-0.3, -0.25) is 0 Å². The zero-order chi connectivity index (χ0) is 11.1. The molecule has 90 valence electrons. The van der Waals surface area contributed by atoms with Crippen molar-refractivity contribution in [1.82, 2.24) is 0 Å². The fourth-order valence-electron chi connectivity index (χ4n) is 2.20. The number of nitrogens with two attached hydrogens (primary N) is 1. The van der Waals surface area contributed by atoms with E-state index in [9.17, 15) is 8.78 Å². The van der Waals surface area contributed by atoms with Crippen molar-refractivity contribution >= 4 is 0 Å². The van der Waals surface area contributed by atoms with Crippen LogP contribution in [0.2, 0.25) is 0 Å². The number of halogens is 2. The molecule has 2 nitrogen and oxygen atoms in total. The molecule has 1 fully saturated rings. The van der Waals surface area contributed by atoms with E-state index in [1.807, 2.05) is 0 Å². The summed E-state index contributed by atoms with van der Waals surface area (Å²) in [6.07, 6.45) is 4.56. The molecule has 0 amide bonds. The fourth-order valence-corrected chi connectivity index (χ4v) is 2.20. The molecule has 0 aliphatic heterocycles. The molecule has 1 aliphatic rings. The van der Waals surface area contributed by atoms with E-state index in [4.69, 9.17) is 10.5 Å². The summed E-state index contributed by atoms with van der Waals surface area (Å²) >= 11 is 0. The Balaban J connectivity index is 1.95. The largest absolute Gasteiger partial charge is 0.375 e. The van der Waals surface area contributed by atoms with Crippen molar-refractivity contribution in [3.8, 4) is 0 Å². The predicted octanol–water partition coefficient (Wildman–Crippen LogP) is 2.57. The monoisotopic (exact) mass is 221 g/mol. The lowest BCUT2D eigenvalue weighted by Crippen LogP contribution is -2.25. The molecule has 1 saturated carbocycles. The van der Waals surface area contributed by atoms with Crippen molar-refractivity contribution in [2.45, 2.75) is 51.0 Å². The van der Waals surface area contributed by atoms with Crippen LogP contribution in [0.3, 0.4) is 0 Å². The van der Waals surface area contributed by atoms with Crippen LogP contribution in [0.25, 0.3) is 0 Å². The minimum atomic E-state index is -2.36. The number of rotatable bonds is 7. The molecular formula is C11H21F2NO. The maximum atomic E-state index is 11.7. The molecule has 15 heavy (non-hydrogen) atoms. The maximum absolute atomic E-state index is 11.7. The van der Waals surface area contributed by atoms with Gasteiger partial charge in [0, 0.05) is 12.6 Å². The van der Waals surface area contributed by atoms with Crippen LogP contribution in [0.1, 0.15) is 38.5 Å². The summed E-state index contributed by atoms with van der Waals surface area (Å²) in [6, 6.07) is 0.116. The van der Waals surface area contributed by atoms with Gasteiger partial charge in [0.25, 0.3) is 6.43 Å². The molecule has 0 aromatic heterocycles. The second-order valence-corrected chi connectivity index (χ2v) is 4.40. The van der Waals surface area contributed by atoms with Crippen LogP contribution in [0, 0.1) is 5.92 Å². The third-order valence-corrected chi connectivity index (χ3v) is 2.99. The summed E-state index contributed by atoms with van der Waals surface area (Å²) in [5.74, 6) is 0.759. The molecule has 0 bridgehead atoms. The molecule has 0 saturated heterocycles. The topological polar surface area (TPSA) is 35.2 Å². The molecule has 0 heterocycles. The van der Waals surface area contributed by atoms with Crippen LogP contribution in [0.5, 0.6) is 0 Å². The maximum Gasteiger partial charge on any atom is 0.261 e. The molecule has 2 N–H and O–H groups in total. The lowest BCUT2D eigenvalue weighted by Gasteiger charge is -2.16. The Morgan fingerprint density at radius 3 is 2.53 bits per heavy atom. The zero-order valence-corrected chi connectivity index (χ0v) is 9.13. The first-order chi connectivity index (χ1) is 7.18. The summed E-state index contributed by atoms with van der Waals surface area (Å²) in [6.45, 7) is -0.103. The highest BCUT2D eigenvalue weighted by Gasteiger charge is 2.17. The molecule has 0 radical (unpaired) electrons. The first-order valence-electron chi connectivity index (χ1n) is 5.80.